The molecule has 0 unspecified atom stereocenters. The zero-order chi connectivity index (χ0) is 19.8. The molecule has 3 aromatic rings. The van der Waals surface area contributed by atoms with E-state index in [9.17, 15) is 13.6 Å². The minimum absolute atomic E-state index is 0.0336. The quantitative estimate of drug-likeness (QED) is 0.701. The number of hydrogen-bond donors (Lipinski definition) is 2. The van der Waals surface area contributed by atoms with Crippen molar-refractivity contribution in [3.63, 3.8) is 0 Å². The fourth-order valence-corrected chi connectivity index (χ4v) is 3.35. The molecule has 148 valence electrons. The summed E-state index contributed by atoms with van der Waals surface area (Å²) in [6.07, 6.45) is 2.06. The zero-order valence-electron chi connectivity index (χ0n) is 15.2. The molecule has 1 fully saturated rings. The molecule has 1 aliphatic rings. The predicted molar refractivity (Wildman–Crippen MR) is 98.5 cm³/mol. The number of fused-ring (bicyclic) bond motifs is 1. The van der Waals surface area contributed by atoms with Gasteiger partial charge in [0, 0.05) is 32.4 Å². The van der Waals surface area contributed by atoms with E-state index in [4.69, 9.17) is 5.73 Å². The molecule has 1 aliphatic heterocycles. The maximum absolute atomic E-state index is 13.1. The molecule has 0 aliphatic carbocycles. The van der Waals surface area contributed by atoms with Crippen LogP contribution >= 0.6 is 0 Å². The van der Waals surface area contributed by atoms with E-state index in [-0.39, 0.29) is 17.4 Å². The lowest BCUT2D eigenvalue weighted by atomic mass is 10.1. The number of nitrogens with two attached hydrogens (primary N) is 1. The van der Waals surface area contributed by atoms with Crippen LogP contribution in [0, 0.1) is 0 Å². The number of aromatic nitrogens is 5. The van der Waals surface area contributed by atoms with Crippen molar-refractivity contribution in [2.24, 2.45) is 12.8 Å². The summed E-state index contributed by atoms with van der Waals surface area (Å²) in [5.41, 5.74) is 6.34. The Bertz CT molecular complexity index is 1010. The van der Waals surface area contributed by atoms with E-state index in [0.29, 0.717) is 18.0 Å². The van der Waals surface area contributed by atoms with Gasteiger partial charge in [-0.3, -0.25) is 9.48 Å². The normalized spacial score (nSPS) is 17.5. The van der Waals surface area contributed by atoms with Gasteiger partial charge in [-0.2, -0.15) is 5.10 Å². The van der Waals surface area contributed by atoms with Crippen LogP contribution in [0.3, 0.4) is 0 Å². The Balaban J connectivity index is 1.63. The fraction of sp³-hybridized carbons (Fsp3) is 0.412. The first kappa shape index (κ1) is 18.3. The molecule has 0 radical (unpaired) electrons. The van der Waals surface area contributed by atoms with Gasteiger partial charge in [0.05, 0.1) is 17.4 Å². The van der Waals surface area contributed by atoms with Crippen molar-refractivity contribution in [3.8, 4) is 0 Å². The van der Waals surface area contributed by atoms with Crippen LogP contribution in [-0.4, -0.2) is 49.4 Å². The number of amides is 1. The molecule has 3 aromatic heterocycles. The summed E-state index contributed by atoms with van der Waals surface area (Å²) < 4.78 is 28.9. The van der Waals surface area contributed by atoms with Crippen molar-refractivity contribution in [2.75, 3.05) is 23.3 Å². The van der Waals surface area contributed by atoms with Crippen LogP contribution in [-0.2, 0) is 7.05 Å². The van der Waals surface area contributed by atoms with E-state index in [2.05, 4.69) is 20.5 Å². The molecule has 0 saturated carbocycles. The minimum atomic E-state index is -2.79. The first-order valence-electron chi connectivity index (χ1n) is 8.90. The summed E-state index contributed by atoms with van der Waals surface area (Å²) in [6.45, 7) is 1.43. The van der Waals surface area contributed by atoms with Crippen LogP contribution < -0.4 is 16.0 Å². The molecule has 1 saturated heterocycles. The Hall–Kier alpha value is -3.08. The SMILES string of the molecule is Cn1cc(NC(=O)c2ccc3cnc(N4CCC[C@@H](N)C4)nn23)c(C(F)F)n1. The standard InChI is InChI=1S/C17H20F2N8O/c1-25-9-12(14(23-25)15(18)19)22-16(28)13-5-4-11-7-21-17(24-27(11)13)26-6-2-3-10(20)8-26/h4-5,7,9-10,15H,2-3,6,8,20H2,1H3,(H,22,28)/t10-/m1/s1. The number of alkyl halides is 2. The lowest BCUT2D eigenvalue weighted by Gasteiger charge is -2.30. The average molecular weight is 390 g/mol. The molecule has 0 bridgehead atoms. The van der Waals surface area contributed by atoms with Crippen LogP contribution in [0.4, 0.5) is 20.4 Å². The molecule has 28 heavy (non-hydrogen) atoms. The van der Waals surface area contributed by atoms with Crippen molar-refractivity contribution in [1.82, 2.24) is 24.4 Å². The number of nitrogens with zero attached hydrogens (tertiary/aromatic N) is 6. The number of piperidine rings is 1. The van der Waals surface area contributed by atoms with Gasteiger partial charge in [-0.25, -0.2) is 18.3 Å². The number of hydrogen-bond acceptors (Lipinski definition) is 6. The number of anilines is 2. The summed E-state index contributed by atoms with van der Waals surface area (Å²) in [7, 11) is 1.51. The highest BCUT2D eigenvalue weighted by molar-refractivity contribution is 6.04. The number of rotatable bonds is 4. The highest BCUT2D eigenvalue weighted by Crippen LogP contribution is 2.26. The van der Waals surface area contributed by atoms with Gasteiger partial charge in [0.2, 0.25) is 5.95 Å². The van der Waals surface area contributed by atoms with Gasteiger partial charge in [-0.15, -0.1) is 5.10 Å². The van der Waals surface area contributed by atoms with Crippen molar-refractivity contribution in [3.05, 3.63) is 35.9 Å². The van der Waals surface area contributed by atoms with E-state index >= 15 is 0 Å². The third kappa shape index (κ3) is 3.40. The lowest BCUT2D eigenvalue weighted by molar-refractivity contribution is 0.101. The Labute approximate surface area is 159 Å². The summed E-state index contributed by atoms with van der Waals surface area (Å²) >= 11 is 0. The highest BCUT2D eigenvalue weighted by Gasteiger charge is 2.23. The van der Waals surface area contributed by atoms with Crippen LogP contribution in [0.5, 0.6) is 0 Å². The molecular formula is C17H20F2N8O. The Kier molecular flexibility index (Phi) is 4.67. The maximum atomic E-state index is 13.1. The number of aryl methyl sites for hydroxylation is 1. The van der Waals surface area contributed by atoms with Gasteiger partial charge in [-0.05, 0) is 25.0 Å². The topological polar surface area (TPSA) is 106 Å². The monoisotopic (exact) mass is 390 g/mol. The smallest absolute Gasteiger partial charge is 0.284 e. The van der Waals surface area contributed by atoms with Crippen LogP contribution in [0.15, 0.2) is 24.5 Å². The number of nitrogens with one attached hydrogen (secondary N) is 1. The van der Waals surface area contributed by atoms with Gasteiger partial charge in [0.25, 0.3) is 12.3 Å². The molecule has 0 aromatic carbocycles. The molecule has 11 heteroatoms. The summed E-state index contributed by atoms with van der Waals surface area (Å²) in [6, 6.07) is 3.32. The van der Waals surface area contributed by atoms with Crippen LogP contribution in [0.1, 0.15) is 35.4 Å². The number of carbonyl (C=O) groups is 1. The van der Waals surface area contributed by atoms with Crippen molar-refractivity contribution in [1.29, 1.82) is 0 Å². The summed E-state index contributed by atoms with van der Waals surface area (Å²) in [5.74, 6) is -0.0857. The summed E-state index contributed by atoms with van der Waals surface area (Å²) in [5, 5.41) is 10.7. The second kappa shape index (κ2) is 7.15. The van der Waals surface area contributed by atoms with E-state index < -0.39 is 18.0 Å². The van der Waals surface area contributed by atoms with Gasteiger partial charge < -0.3 is 16.0 Å². The summed E-state index contributed by atoms with van der Waals surface area (Å²) in [4.78, 5) is 19.0. The van der Waals surface area contributed by atoms with Crippen LogP contribution in [0.25, 0.3) is 5.52 Å². The molecule has 1 atom stereocenters. The Morgan fingerprint density at radius 1 is 1.36 bits per heavy atom. The largest absolute Gasteiger partial charge is 0.338 e. The molecular weight excluding hydrogens is 370 g/mol. The second-order valence-electron chi connectivity index (χ2n) is 6.82. The Morgan fingerprint density at radius 2 is 2.18 bits per heavy atom. The zero-order valence-corrected chi connectivity index (χ0v) is 15.2. The Morgan fingerprint density at radius 3 is 2.93 bits per heavy atom. The molecule has 3 N–H and O–H groups in total. The third-order valence-corrected chi connectivity index (χ3v) is 4.67. The van der Waals surface area contributed by atoms with Crippen molar-refractivity contribution < 1.29 is 13.6 Å². The van der Waals surface area contributed by atoms with E-state index in [0.717, 1.165) is 19.4 Å². The molecule has 4 heterocycles. The van der Waals surface area contributed by atoms with Crippen molar-refractivity contribution >= 4 is 23.1 Å². The van der Waals surface area contributed by atoms with E-state index in [1.807, 2.05) is 4.90 Å². The van der Waals surface area contributed by atoms with Gasteiger partial charge in [0.1, 0.15) is 5.69 Å². The van der Waals surface area contributed by atoms with E-state index in [1.165, 1.54) is 22.4 Å². The number of halogens is 2. The molecule has 4 rings (SSSR count). The average Bonchev–Trinajstić information content (AvgIpc) is 3.24. The first-order chi connectivity index (χ1) is 13.4. The van der Waals surface area contributed by atoms with Gasteiger partial charge >= 0.3 is 0 Å². The first-order valence-corrected chi connectivity index (χ1v) is 8.90. The van der Waals surface area contributed by atoms with Gasteiger partial charge in [0.15, 0.2) is 5.69 Å². The highest BCUT2D eigenvalue weighted by atomic mass is 19.3. The second-order valence-corrected chi connectivity index (χ2v) is 6.82. The van der Waals surface area contributed by atoms with Gasteiger partial charge in [-0.1, -0.05) is 0 Å². The maximum Gasteiger partial charge on any atom is 0.284 e. The third-order valence-electron chi connectivity index (χ3n) is 4.67. The predicted octanol–water partition coefficient (Wildman–Crippen LogP) is 1.58. The van der Waals surface area contributed by atoms with E-state index in [1.54, 1.807) is 18.3 Å². The molecule has 0 spiro atoms. The fourth-order valence-electron chi connectivity index (χ4n) is 3.35. The lowest BCUT2D eigenvalue weighted by Crippen LogP contribution is -2.43. The molecule has 9 nitrogen and oxygen atoms in total. The molecule has 1 amide bonds. The van der Waals surface area contributed by atoms with Crippen LogP contribution in [0.2, 0.25) is 0 Å². The minimum Gasteiger partial charge on any atom is -0.338 e. The van der Waals surface area contributed by atoms with Crippen molar-refractivity contribution in [2.45, 2.75) is 25.3 Å². The number of carbonyl (C=O) groups excluding carboxylic acids is 1.